The summed E-state index contributed by atoms with van der Waals surface area (Å²) in [4.78, 5) is 6.41. The first-order valence-corrected chi connectivity index (χ1v) is 10.5. The molecule has 1 aromatic carbocycles. The van der Waals surface area contributed by atoms with Gasteiger partial charge < -0.3 is 19.1 Å². The van der Waals surface area contributed by atoms with Crippen molar-refractivity contribution >= 4 is 15.8 Å². The maximum Gasteiger partial charge on any atom is 0.244 e. The zero-order chi connectivity index (χ0) is 20.0. The molecule has 3 rings (SSSR count). The van der Waals surface area contributed by atoms with E-state index in [9.17, 15) is 8.42 Å². The Balaban J connectivity index is 1.54. The van der Waals surface area contributed by atoms with E-state index in [1.165, 1.54) is 10.5 Å². The fraction of sp³-hybridized carbons (Fsp3) is 0.421. The first-order valence-electron chi connectivity index (χ1n) is 9.02. The molecule has 152 valence electrons. The molecule has 0 spiro atoms. The van der Waals surface area contributed by atoms with Crippen LogP contribution in [0.1, 0.15) is 0 Å². The highest BCUT2D eigenvalue weighted by Crippen LogP contribution is 2.19. The second-order valence-electron chi connectivity index (χ2n) is 6.31. The van der Waals surface area contributed by atoms with Crippen molar-refractivity contribution in [1.82, 2.24) is 9.29 Å². The molecular formula is C19H25N3O5S. The zero-order valence-corrected chi connectivity index (χ0v) is 16.9. The topological polar surface area (TPSA) is 81.2 Å². The van der Waals surface area contributed by atoms with E-state index in [-0.39, 0.29) is 4.90 Å². The van der Waals surface area contributed by atoms with E-state index in [1.807, 2.05) is 36.2 Å². The second kappa shape index (κ2) is 9.22. The second-order valence-corrected chi connectivity index (χ2v) is 8.25. The third-order valence-corrected chi connectivity index (χ3v) is 6.36. The molecule has 9 heteroatoms. The molecule has 28 heavy (non-hydrogen) atoms. The van der Waals surface area contributed by atoms with Crippen LogP contribution < -0.4 is 14.4 Å². The van der Waals surface area contributed by atoms with Crippen molar-refractivity contribution in [3.05, 3.63) is 42.6 Å². The number of methoxy groups -OCH3 is 1. The smallest absolute Gasteiger partial charge is 0.244 e. The zero-order valence-electron chi connectivity index (χ0n) is 16.1. The van der Waals surface area contributed by atoms with Gasteiger partial charge in [0.2, 0.25) is 10.0 Å². The summed E-state index contributed by atoms with van der Waals surface area (Å²) in [7, 11) is -0.0208. The van der Waals surface area contributed by atoms with Crippen LogP contribution in [0.3, 0.4) is 0 Å². The maximum atomic E-state index is 12.6. The Hall–Kier alpha value is -2.36. The van der Waals surface area contributed by atoms with Gasteiger partial charge in [0.1, 0.15) is 28.8 Å². The predicted molar refractivity (Wildman–Crippen MR) is 106 cm³/mol. The molecule has 0 saturated carbocycles. The van der Waals surface area contributed by atoms with Crippen LogP contribution in [0.15, 0.2) is 47.5 Å². The average molecular weight is 407 g/mol. The summed E-state index contributed by atoms with van der Waals surface area (Å²) < 4.78 is 42.7. The van der Waals surface area contributed by atoms with Crippen LogP contribution >= 0.6 is 0 Å². The van der Waals surface area contributed by atoms with E-state index < -0.39 is 10.0 Å². The van der Waals surface area contributed by atoms with E-state index in [1.54, 1.807) is 19.2 Å². The Bertz CT molecular complexity index is 850. The Kier molecular flexibility index (Phi) is 6.71. The Labute approximate surface area is 165 Å². The van der Waals surface area contributed by atoms with Gasteiger partial charge in [0, 0.05) is 26.3 Å². The maximum absolute atomic E-state index is 12.6. The number of ether oxygens (including phenoxy) is 3. The third-order valence-electron chi connectivity index (χ3n) is 4.47. The van der Waals surface area contributed by atoms with Crippen LogP contribution in [-0.2, 0) is 14.8 Å². The molecule has 0 amide bonds. The molecule has 1 aromatic heterocycles. The molecule has 0 aliphatic carbocycles. The lowest BCUT2D eigenvalue weighted by Gasteiger charge is -2.26. The normalized spacial score (nSPS) is 15.2. The molecule has 0 bridgehead atoms. The molecule has 1 aliphatic heterocycles. The standard InChI is InChI=1S/C19H25N3O5S/c1-21(9-14-27-17-5-3-16(25-2)4-6-17)19-8-7-18(15-20-19)28(23,24)22-10-12-26-13-11-22/h3-8,15H,9-14H2,1-2H3. The largest absolute Gasteiger partial charge is 0.497 e. The van der Waals surface area contributed by atoms with Crippen molar-refractivity contribution in [1.29, 1.82) is 0 Å². The third kappa shape index (κ3) is 4.92. The fourth-order valence-electron chi connectivity index (χ4n) is 2.77. The van der Waals surface area contributed by atoms with Crippen molar-refractivity contribution in [3.8, 4) is 11.5 Å². The van der Waals surface area contributed by atoms with Gasteiger partial charge >= 0.3 is 0 Å². The summed E-state index contributed by atoms with van der Waals surface area (Å²) in [5.74, 6) is 2.22. The number of benzene rings is 1. The number of hydrogen-bond acceptors (Lipinski definition) is 7. The summed E-state index contributed by atoms with van der Waals surface area (Å²) in [5.41, 5.74) is 0. The summed E-state index contributed by atoms with van der Waals surface area (Å²) >= 11 is 0. The van der Waals surface area contributed by atoms with Gasteiger partial charge in [-0.1, -0.05) is 0 Å². The lowest BCUT2D eigenvalue weighted by molar-refractivity contribution is 0.0730. The van der Waals surface area contributed by atoms with Crippen molar-refractivity contribution < 1.29 is 22.6 Å². The Morgan fingerprint density at radius 1 is 1.11 bits per heavy atom. The summed E-state index contributed by atoms with van der Waals surface area (Å²) in [6, 6.07) is 10.7. The molecule has 1 fully saturated rings. The quantitative estimate of drug-likeness (QED) is 0.658. The van der Waals surface area contributed by atoms with Crippen molar-refractivity contribution in [2.45, 2.75) is 4.90 Å². The number of rotatable bonds is 8. The van der Waals surface area contributed by atoms with E-state index in [0.29, 0.717) is 45.3 Å². The monoisotopic (exact) mass is 407 g/mol. The number of sulfonamides is 1. The molecule has 2 heterocycles. The average Bonchev–Trinajstić information content (AvgIpc) is 2.75. The summed E-state index contributed by atoms with van der Waals surface area (Å²) in [5, 5.41) is 0. The molecule has 1 saturated heterocycles. The Morgan fingerprint density at radius 3 is 2.39 bits per heavy atom. The van der Waals surface area contributed by atoms with E-state index in [2.05, 4.69) is 4.98 Å². The van der Waals surface area contributed by atoms with Crippen LogP contribution in [0.4, 0.5) is 5.82 Å². The Morgan fingerprint density at radius 2 is 1.79 bits per heavy atom. The van der Waals surface area contributed by atoms with Crippen LogP contribution in [0.25, 0.3) is 0 Å². The molecule has 0 N–H and O–H groups in total. The first kappa shape index (κ1) is 20.4. The lowest BCUT2D eigenvalue weighted by atomic mass is 10.3. The minimum Gasteiger partial charge on any atom is -0.497 e. The molecular weight excluding hydrogens is 382 g/mol. The van der Waals surface area contributed by atoms with Gasteiger partial charge in [-0.15, -0.1) is 0 Å². The fourth-order valence-corrected chi connectivity index (χ4v) is 4.13. The predicted octanol–water partition coefficient (Wildman–Crippen LogP) is 1.63. The number of likely N-dealkylation sites (N-methyl/N-ethyl adjacent to an activating group) is 1. The molecule has 2 aromatic rings. The van der Waals surface area contributed by atoms with Gasteiger partial charge in [-0.3, -0.25) is 0 Å². The highest BCUT2D eigenvalue weighted by Gasteiger charge is 2.26. The number of nitrogens with zero attached hydrogens (tertiary/aromatic N) is 3. The minimum atomic E-state index is -3.53. The van der Waals surface area contributed by atoms with Crippen molar-refractivity contribution in [3.63, 3.8) is 0 Å². The summed E-state index contributed by atoms with van der Waals surface area (Å²) in [6.07, 6.45) is 1.40. The highest BCUT2D eigenvalue weighted by atomic mass is 32.2. The minimum absolute atomic E-state index is 0.195. The van der Waals surface area contributed by atoms with Gasteiger partial charge in [-0.05, 0) is 36.4 Å². The number of hydrogen-bond donors (Lipinski definition) is 0. The van der Waals surface area contributed by atoms with Gasteiger partial charge in [-0.25, -0.2) is 13.4 Å². The summed E-state index contributed by atoms with van der Waals surface area (Å²) in [6.45, 7) is 2.65. The SMILES string of the molecule is COc1ccc(OCCN(C)c2ccc(S(=O)(=O)N3CCOCC3)cn2)cc1. The first-order chi connectivity index (χ1) is 13.5. The molecule has 0 atom stereocenters. The molecule has 0 radical (unpaired) electrons. The van der Waals surface area contributed by atoms with Gasteiger partial charge in [0.05, 0.1) is 26.9 Å². The number of anilines is 1. The van der Waals surface area contributed by atoms with Crippen molar-refractivity contribution in [2.24, 2.45) is 0 Å². The van der Waals surface area contributed by atoms with Crippen LogP contribution in [0, 0.1) is 0 Å². The van der Waals surface area contributed by atoms with Crippen molar-refractivity contribution in [2.75, 3.05) is 58.5 Å². The van der Waals surface area contributed by atoms with E-state index in [0.717, 1.165) is 11.5 Å². The van der Waals surface area contributed by atoms with Gasteiger partial charge in [0.25, 0.3) is 0 Å². The number of aromatic nitrogens is 1. The van der Waals surface area contributed by atoms with Crippen LogP contribution in [-0.4, -0.2) is 71.3 Å². The van der Waals surface area contributed by atoms with Gasteiger partial charge in [-0.2, -0.15) is 4.31 Å². The van der Waals surface area contributed by atoms with E-state index in [4.69, 9.17) is 14.2 Å². The lowest BCUT2D eigenvalue weighted by Crippen LogP contribution is -2.40. The van der Waals surface area contributed by atoms with Crippen LogP contribution in [0.5, 0.6) is 11.5 Å². The molecule has 0 unspecified atom stereocenters. The number of morpholine rings is 1. The highest BCUT2D eigenvalue weighted by molar-refractivity contribution is 7.89. The van der Waals surface area contributed by atoms with Crippen LogP contribution in [0.2, 0.25) is 0 Å². The molecule has 1 aliphatic rings. The molecule has 8 nitrogen and oxygen atoms in total. The number of pyridine rings is 1. The van der Waals surface area contributed by atoms with E-state index >= 15 is 0 Å². The van der Waals surface area contributed by atoms with Gasteiger partial charge in [0.15, 0.2) is 0 Å².